The third-order valence-corrected chi connectivity index (χ3v) is 5.27. The van der Waals surface area contributed by atoms with Gasteiger partial charge < -0.3 is 15.2 Å². The molecule has 2 N–H and O–H groups in total. The van der Waals surface area contributed by atoms with Crippen LogP contribution in [0.3, 0.4) is 0 Å². The summed E-state index contributed by atoms with van der Waals surface area (Å²) in [6.07, 6.45) is -4.35. The molecule has 3 aromatic carbocycles. The molecule has 2 unspecified atom stereocenters. The SMILES string of the molecule is CCC(C(=O)NC(Cc1cccc(Oc2ccccc2)c1)C(=O)O)c1cccc(C(F)(F)F)c1. The Kier molecular flexibility index (Phi) is 7.94. The number of amides is 1. The number of nitrogens with one attached hydrogen (secondary N) is 1. The van der Waals surface area contributed by atoms with Crippen molar-refractivity contribution in [3.05, 3.63) is 95.6 Å². The van der Waals surface area contributed by atoms with Crippen LogP contribution >= 0.6 is 0 Å². The summed E-state index contributed by atoms with van der Waals surface area (Å²) in [6.45, 7) is 1.66. The summed E-state index contributed by atoms with van der Waals surface area (Å²) in [5.74, 6) is -1.69. The van der Waals surface area contributed by atoms with Crippen molar-refractivity contribution in [1.82, 2.24) is 5.32 Å². The lowest BCUT2D eigenvalue weighted by Crippen LogP contribution is -2.44. The molecule has 0 aliphatic carbocycles. The maximum Gasteiger partial charge on any atom is 0.416 e. The maximum atomic E-state index is 13.1. The number of carboxylic acid groups (broad SMARTS) is 1. The monoisotopic (exact) mass is 471 g/mol. The van der Waals surface area contributed by atoms with Gasteiger partial charge in [-0.05, 0) is 47.9 Å². The van der Waals surface area contributed by atoms with Crippen LogP contribution in [0, 0.1) is 0 Å². The molecular formula is C26H24F3NO4. The van der Waals surface area contributed by atoms with E-state index in [9.17, 15) is 27.9 Å². The molecule has 0 heterocycles. The van der Waals surface area contributed by atoms with Crippen molar-refractivity contribution in [2.45, 2.75) is 37.9 Å². The number of ether oxygens (including phenoxy) is 1. The number of carbonyl (C=O) groups is 2. The van der Waals surface area contributed by atoms with Crippen LogP contribution in [-0.4, -0.2) is 23.0 Å². The predicted octanol–water partition coefficient (Wildman–Crippen LogP) is 5.80. The van der Waals surface area contributed by atoms with Crippen molar-refractivity contribution in [2.24, 2.45) is 0 Å². The molecule has 0 fully saturated rings. The summed E-state index contributed by atoms with van der Waals surface area (Å²) < 4.78 is 45.0. The van der Waals surface area contributed by atoms with Gasteiger partial charge in [-0.2, -0.15) is 13.2 Å². The van der Waals surface area contributed by atoms with Gasteiger partial charge in [-0.3, -0.25) is 4.79 Å². The number of rotatable bonds is 9. The van der Waals surface area contributed by atoms with E-state index < -0.39 is 35.6 Å². The number of carboxylic acids is 1. The summed E-state index contributed by atoms with van der Waals surface area (Å²) in [4.78, 5) is 24.7. The van der Waals surface area contributed by atoms with E-state index in [0.717, 1.165) is 12.1 Å². The van der Waals surface area contributed by atoms with E-state index in [1.165, 1.54) is 12.1 Å². The Balaban J connectivity index is 1.74. The van der Waals surface area contributed by atoms with Crippen molar-refractivity contribution in [1.29, 1.82) is 0 Å². The Morgan fingerprint density at radius 3 is 2.26 bits per heavy atom. The molecule has 1 amide bonds. The van der Waals surface area contributed by atoms with Gasteiger partial charge in [-0.25, -0.2) is 4.79 Å². The van der Waals surface area contributed by atoms with Crippen LogP contribution in [0.2, 0.25) is 0 Å². The van der Waals surface area contributed by atoms with Crippen molar-refractivity contribution < 1.29 is 32.6 Å². The Bertz CT molecular complexity index is 1130. The number of aliphatic carboxylic acids is 1. The van der Waals surface area contributed by atoms with Crippen LogP contribution < -0.4 is 10.1 Å². The van der Waals surface area contributed by atoms with Gasteiger partial charge in [-0.1, -0.05) is 55.5 Å². The molecule has 0 saturated heterocycles. The molecule has 178 valence electrons. The molecule has 3 aromatic rings. The first-order valence-electron chi connectivity index (χ1n) is 10.7. The second kappa shape index (κ2) is 10.9. The number of hydrogen-bond donors (Lipinski definition) is 2. The zero-order valence-electron chi connectivity index (χ0n) is 18.4. The van der Waals surface area contributed by atoms with E-state index in [4.69, 9.17) is 4.74 Å². The number of alkyl halides is 3. The summed E-state index contributed by atoms with van der Waals surface area (Å²) in [5, 5.41) is 12.2. The molecule has 0 aromatic heterocycles. The minimum absolute atomic E-state index is 0.0217. The van der Waals surface area contributed by atoms with Gasteiger partial charge in [0.15, 0.2) is 0 Å². The van der Waals surface area contributed by atoms with Gasteiger partial charge in [0.2, 0.25) is 5.91 Å². The molecule has 34 heavy (non-hydrogen) atoms. The number of halogens is 3. The Labute approximate surface area is 195 Å². The normalized spacial score (nSPS) is 13.1. The Morgan fingerprint density at radius 1 is 0.941 bits per heavy atom. The lowest BCUT2D eigenvalue weighted by Gasteiger charge is -2.21. The van der Waals surface area contributed by atoms with E-state index in [2.05, 4.69) is 5.32 Å². The molecular weight excluding hydrogens is 447 g/mol. The number of benzene rings is 3. The fourth-order valence-corrected chi connectivity index (χ4v) is 3.57. The minimum atomic E-state index is -4.54. The second-order valence-electron chi connectivity index (χ2n) is 7.75. The standard InChI is InChI=1S/C26H24F3NO4/c1-2-22(18-9-7-10-19(16-18)26(27,28)29)24(31)30-23(25(32)33)15-17-8-6-13-21(14-17)34-20-11-4-3-5-12-20/h3-14,16,22-23H,2,15H2,1H3,(H,30,31)(H,32,33). The van der Waals surface area contributed by atoms with Crippen LogP contribution in [0.15, 0.2) is 78.9 Å². The van der Waals surface area contributed by atoms with Crippen LogP contribution in [0.25, 0.3) is 0 Å². The first kappa shape index (κ1) is 24.8. The Hall–Kier alpha value is -3.81. The van der Waals surface area contributed by atoms with E-state index >= 15 is 0 Å². The van der Waals surface area contributed by atoms with E-state index in [0.29, 0.717) is 17.1 Å². The summed E-state index contributed by atoms with van der Waals surface area (Å²) in [6, 6.07) is 19.2. The highest BCUT2D eigenvalue weighted by Crippen LogP contribution is 2.32. The van der Waals surface area contributed by atoms with Gasteiger partial charge in [0.05, 0.1) is 11.5 Å². The molecule has 5 nitrogen and oxygen atoms in total. The van der Waals surface area contributed by atoms with E-state index in [-0.39, 0.29) is 18.4 Å². The highest BCUT2D eigenvalue weighted by Gasteiger charge is 2.32. The molecule has 0 aliphatic rings. The molecule has 0 saturated carbocycles. The highest BCUT2D eigenvalue weighted by molar-refractivity contribution is 5.88. The zero-order chi connectivity index (χ0) is 24.7. The molecule has 0 spiro atoms. The van der Waals surface area contributed by atoms with E-state index in [1.807, 2.05) is 18.2 Å². The molecule has 0 radical (unpaired) electrons. The fraction of sp³-hybridized carbons (Fsp3) is 0.231. The van der Waals surface area contributed by atoms with Crippen molar-refractivity contribution in [3.8, 4) is 11.5 Å². The average molecular weight is 471 g/mol. The van der Waals surface area contributed by atoms with Gasteiger partial charge in [0.25, 0.3) is 0 Å². The molecule has 3 rings (SSSR count). The third-order valence-electron chi connectivity index (χ3n) is 5.27. The van der Waals surface area contributed by atoms with Crippen LogP contribution in [0.5, 0.6) is 11.5 Å². The fourth-order valence-electron chi connectivity index (χ4n) is 3.57. The van der Waals surface area contributed by atoms with E-state index in [1.54, 1.807) is 43.3 Å². The lowest BCUT2D eigenvalue weighted by atomic mass is 9.93. The first-order valence-corrected chi connectivity index (χ1v) is 10.7. The van der Waals surface area contributed by atoms with Crippen molar-refractivity contribution in [2.75, 3.05) is 0 Å². The number of para-hydroxylation sites is 1. The largest absolute Gasteiger partial charge is 0.480 e. The molecule has 0 aliphatic heterocycles. The molecule has 8 heteroatoms. The third kappa shape index (κ3) is 6.60. The smallest absolute Gasteiger partial charge is 0.416 e. The van der Waals surface area contributed by atoms with Gasteiger partial charge in [0.1, 0.15) is 17.5 Å². The van der Waals surface area contributed by atoms with Crippen LogP contribution in [0.1, 0.15) is 36.0 Å². The summed E-state index contributed by atoms with van der Waals surface area (Å²) in [7, 11) is 0. The van der Waals surface area contributed by atoms with Gasteiger partial charge in [-0.15, -0.1) is 0 Å². The van der Waals surface area contributed by atoms with Crippen LogP contribution in [-0.2, 0) is 22.2 Å². The average Bonchev–Trinajstić information content (AvgIpc) is 2.80. The minimum Gasteiger partial charge on any atom is -0.480 e. The highest BCUT2D eigenvalue weighted by atomic mass is 19.4. The van der Waals surface area contributed by atoms with Crippen molar-refractivity contribution in [3.63, 3.8) is 0 Å². The number of hydrogen-bond acceptors (Lipinski definition) is 3. The molecule has 2 atom stereocenters. The summed E-state index contributed by atoms with van der Waals surface area (Å²) in [5.41, 5.74) is -0.0632. The topological polar surface area (TPSA) is 75.6 Å². The second-order valence-corrected chi connectivity index (χ2v) is 7.75. The predicted molar refractivity (Wildman–Crippen MR) is 121 cm³/mol. The number of carbonyl (C=O) groups excluding carboxylic acids is 1. The first-order chi connectivity index (χ1) is 16.2. The Morgan fingerprint density at radius 2 is 1.62 bits per heavy atom. The van der Waals surface area contributed by atoms with Gasteiger partial charge >= 0.3 is 12.1 Å². The maximum absolute atomic E-state index is 13.1. The summed E-state index contributed by atoms with van der Waals surface area (Å²) >= 11 is 0. The van der Waals surface area contributed by atoms with Crippen molar-refractivity contribution >= 4 is 11.9 Å². The quantitative estimate of drug-likeness (QED) is 0.413. The molecule has 0 bridgehead atoms. The zero-order valence-corrected chi connectivity index (χ0v) is 18.4. The lowest BCUT2D eigenvalue weighted by molar-refractivity contribution is -0.142. The van der Waals surface area contributed by atoms with Crippen LogP contribution in [0.4, 0.5) is 13.2 Å². The van der Waals surface area contributed by atoms with Gasteiger partial charge in [0, 0.05) is 6.42 Å².